The Kier molecular flexibility index (Phi) is 6.32. The standard InChI is InChI=1S/C24H34N4O3/c1-17(29)24(2)9-13-27(14-10-24)16-18-7-11-28(12-8-18)21-5-3-19(15-25-21)20-4-6-22(30)26-23(20)31/h3,5,15,18,20,29H,1,4,6-14,16H2,2H3,(H,26,30,31). The van der Waals surface area contributed by atoms with Gasteiger partial charge in [-0.25, -0.2) is 4.98 Å². The zero-order valence-electron chi connectivity index (χ0n) is 18.5. The van der Waals surface area contributed by atoms with Gasteiger partial charge in [0.25, 0.3) is 0 Å². The number of aliphatic hydroxyl groups excluding tert-OH is 1. The monoisotopic (exact) mass is 426 g/mol. The van der Waals surface area contributed by atoms with E-state index in [1.54, 1.807) is 6.20 Å². The van der Waals surface area contributed by atoms with Crippen molar-refractivity contribution in [3.63, 3.8) is 0 Å². The number of hydrogen-bond donors (Lipinski definition) is 2. The Bertz CT molecular complexity index is 822. The number of anilines is 1. The molecule has 3 aliphatic heterocycles. The van der Waals surface area contributed by atoms with Crippen LogP contribution in [-0.4, -0.2) is 59.5 Å². The van der Waals surface area contributed by atoms with Gasteiger partial charge in [-0.05, 0) is 62.7 Å². The van der Waals surface area contributed by atoms with Crippen molar-refractivity contribution in [1.82, 2.24) is 15.2 Å². The number of aromatic nitrogens is 1. The topological polar surface area (TPSA) is 85.8 Å². The highest BCUT2D eigenvalue weighted by Crippen LogP contribution is 2.36. The highest BCUT2D eigenvalue weighted by atomic mass is 16.3. The highest BCUT2D eigenvalue weighted by molar-refractivity contribution is 6.00. The summed E-state index contributed by atoms with van der Waals surface area (Å²) in [5.41, 5.74) is 0.761. The number of rotatable bonds is 5. The summed E-state index contributed by atoms with van der Waals surface area (Å²) in [6.45, 7) is 11.0. The first-order valence-electron chi connectivity index (χ1n) is 11.5. The molecule has 2 N–H and O–H groups in total. The van der Waals surface area contributed by atoms with Crippen LogP contribution in [0.4, 0.5) is 5.82 Å². The molecule has 3 saturated heterocycles. The average molecular weight is 427 g/mol. The lowest BCUT2D eigenvalue weighted by Gasteiger charge is -2.41. The van der Waals surface area contributed by atoms with Crippen molar-refractivity contribution in [2.24, 2.45) is 11.3 Å². The van der Waals surface area contributed by atoms with Crippen LogP contribution in [0.15, 0.2) is 30.7 Å². The van der Waals surface area contributed by atoms with Crippen molar-refractivity contribution in [3.05, 3.63) is 36.2 Å². The molecule has 4 rings (SSSR count). The lowest BCUT2D eigenvalue weighted by atomic mass is 9.78. The van der Waals surface area contributed by atoms with Crippen molar-refractivity contribution < 1.29 is 14.7 Å². The van der Waals surface area contributed by atoms with Crippen LogP contribution in [0.25, 0.3) is 0 Å². The van der Waals surface area contributed by atoms with E-state index >= 15 is 0 Å². The van der Waals surface area contributed by atoms with E-state index in [1.165, 1.54) is 0 Å². The van der Waals surface area contributed by atoms with E-state index in [1.807, 2.05) is 12.1 Å². The van der Waals surface area contributed by atoms with Gasteiger partial charge in [0.2, 0.25) is 11.8 Å². The van der Waals surface area contributed by atoms with Crippen molar-refractivity contribution in [3.8, 4) is 0 Å². The third-order valence-electron chi connectivity index (χ3n) is 7.52. The Labute approximate surface area is 184 Å². The van der Waals surface area contributed by atoms with E-state index < -0.39 is 0 Å². The molecule has 1 atom stereocenters. The molecule has 0 bridgehead atoms. The molecule has 0 radical (unpaired) electrons. The van der Waals surface area contributed by atoms with Crippen molar-refractivity contribution >= 4 is 17.6 Å². The summed E-state index contributed by atoms with van der Waals surface area (Å²) >= 11 is 0. The molecule has 1 aromatic rings. The first kappa shape index (κ1) is 21.8. The summed E-state index contributed by atoms with van der Waals surface area (Å²) in [5.74, 6) is 1.31. The fourth-order valence-corrected chi connectivity index (χ4v) is 5.03. The van der Waals surface area contributed by atoms with Gasteiger partial charge in [-0.3, -0.25) is 14.9 Å². The van der Waals surface area contributed by atoms with Crippen molar-refractivity contribution in [2.45, 2.75) is 51.4 Å². The van der Waals surface area contributed by atoms with Crippen molar-refractivity contribution in [1.29, 1.82) is 0 Å². The number of nitrogens with one attached hydrogen (secondary N) is 1. The number of piperidine rings is 3. The number of pyridine rings is 1. The van der Waals surface area contributed by atoms with Gasteiger partial charge in [0.1, 0.15) is 5.82 Å². The number of imide groups is 1. The molecular formula is C24H34N4O3. The fourth-order valence-electron chi connectivity index (χ4n) is 5.03. The number of likely N-dealkylation sites (tertiary alicyclic amines) is 1. The largest absolute Gasteiger partial charge is 0.512 e. The number of aliphatic hydroxyl groups is 1. The van der Waals surface area contributed by atoms with Gasteiger partial charge < -0.3 is 14.9 Å². The van der Waals surface area contributed by atoms with Gasteiger partial charge in [0.15, 0.2) is 0 Å². The number of hydrogen-bond acceptors (Lipinski definition) is 6. The SMILES string of the molecule is C=C(O)C1(C)CCN(CC2CCN(c3ccc(C4CCC(=O)NC4=O)cn3)CC2)CC1. The second-order valence-electron chi connectivity index (χ2n) is 9.69. The van der Waals surface area contributed by atoms with Crippen LogP contribution in [0, 0.1) is 11.3 Å². The van der Waals surface area contributed by atoms with E-state index in [2.05, 4.69) is 33.6 Å². The number of amides is 2. The minimum absolute atomic E-state index is 0.120. The van der Waals surface area contributed by atoms with Crippen LogP contribution in [-0.2, 0) is 9.59 Å². The van der Waals surface area contributed by atoms with Crippen LogP contribution < -0.4 is 10.2 Å². The molecule has 3 fully saturated rings. The van der Waals surface area contributed by atoms with E-state index in [0.29, 0.717) is 24.5 Å². The summed E-state index contributed by atoms with van der Waals surface area (Å²) in [6.07, 6.45) is 6.99. The van der Waals surface area contributed by atoms with E-state index in [-0.39, 0.29) is 23.1 Å². The molecule has 1 unspecified atom stereocenters. The van der Waals surface area contributed by atoms with Crippen molar-refractivity contribution in [2.75, 3.05) is 37.6 Å². The molecule has 1 aromatic heterocycles. The third-order valence-corrected chi connectivity index (χ3v) is 7.52. The normalized spacial score (nSPS) is 25.3. The van der Waals surface area contributed by atoms with Gasteiger partial charge in [-0.15, -0.1) is 0 Å². The molecule has 31 heavy (non-hydrogen) atoms. The van der Waals surface area contributed by atoms with Gasteiger partial charge >= 0.3 is 0 Å². The summed E-state index contributed by atoms with van der Waals surface area (Å²) < 4.78 is 0. The molecule has 4 heterocycles. The lowest BCUT2D eigenvalue weighted by Crippen LogP contribution is -2.44. The second kappa shape index (κ2) is 8.99. The van der Waals surface area contributed by atoms with Gasteiger partial charge in [-0.2, -0.15) is 0 Å². The third kappa shape index (κ3) is 4.92. The summed E-state index contributed by atoms with van der Waals surface area (Å²) in [5, 5.41) is 12.3. The van der Waals surface area contributed by atoms with Crippen LogP contribution in [0.3, 0.4) is 0 Å². The van der Waals surface area contributed by atoms with E-state index in [9.17, 15) is 14.7 Å². The fraction of sp³-hybridized carbons (Fsp3) is 0.625. The summed E-state index contributed by atoms with van der Waals surface area (Å²) in [6, 6.07) is 3.99. The molecular weight excluding hydrogens is 392 g/mol. The maximum Gasteiger partial charge on any atom is 0.234 e. The zero-order chi connectivity index (χ0) is 22.0. The van der Waals surface area contributed by atoms with Crippen LogP contribution in [0.2, 0.25) is 0 Å². The summed E-state index contributed by atoms with van der Waals surface area (Å²) in [7, 11) is 0. The summed E-state index contributed by atoms with van der Waals surface area (Å²) in [4.78, 5) is 32.9. The zero-order valence-corrected chi connectivity index (χ0v) is 18.5. The van der Waals surface area contributed by atoms with Crippen LogP contribution in [0.1, 0.15) is 56.9 Å². The maximum atomic E-state index is 12.1. The van der Waals surface area contributed by atoms with Crippen LogP contribution >= 0.6 is 0 Å². The maximum absolute atomic E-state index is 12.1. The highest BCUT2D eigenvalue weighted by Gasteiger charge is 2.34. The number of carbonyl (C=O) groups is 2. The molecule has 0 aromatic carbocycles. The molecule has 7 nitrogen and oxygen atoms in total. The minimum atomic E-state index is -0.278. The quantitative estimate of drug-likeness (QED) is 0.556. The van der Waals surface area contributed by atoms with Gasteiger partial charge in [-0.1, -0.05) is 19.6 Å². The van der Waals surface area contributed by atoms with Gasteiger partial charge in [0, 0.05) is 37.7 Å². The first-order chi connectivity index (χ1) is 14.8. The predicted molar refractivity (Wildman–Crippen MR) is 120 cm³/mol. The van der Waals surface area contributed by atoms with E-state index in [4.69, 9.17) is 0 Å². The Morgan fingerprint density at radius 2 is 1.90 bits per heavy atom. The molecule has 0 spiro atoms. The smallest absolute Gasteiger partial charge is 0.234 e. The molecule has 0 aliphatic carbocycles. The first-order valence-corrected chi connectivity index (χ1v) is 11.5. The Morgan fingerprint density at radius 1 is 1.19 bits per heavy atom. The molecule has 168 valence electrons. The average Bonchev–Trinajstić information content (AvgIpc) is 2.76. The molecule has 7 heteroatoms. The Hall–Kier alpha value is -2.41. The van der Waals surface area contributed by atoms with Gasteiger partial charge in [0.05, 0.1) is 11.7 Å². The Morgan fingerprint density at radius 3 is 2.48 bits per heavy atom. The number of nitrogens with zero attached hydrogens (tertiary/aromatic N) is 3. The minimum Gasteiger partial charge on any atom is -0.512 e. The molecule has 3 aliphatic rings. The molecule has 2 amide bonds. The second-order valence-corrected chi connectivity index (χ2v) is 9.69. The molecule has 0 saturated carbocycles. The number of carbonyl (C=O) groups excluding carboxylic acids is 2. The lowest BCUT2D eigenvalue weighted by molar-refractivity contribution is -0.134. The number of allylic oxidation sites excluding steroid dienone is 1. The van der Waals surface area contributed by atoms with E-state index in [0.717, 1.165) is 69.8 Å². The predicted octanol–water partition coefficient (Wildman–Crippen LogP) is 2.99. The van der Waals surface area contributed by atoms with Crippen LogP contribution in [0.5, 0.6) is 0 Å². The Balaban J connectivity index is 1.25.